The molecule has 0 amide bonds. The molecule has 6 heteroatoms. The van der Waals surface area contributed by atoms with Crippen LogP contribution in [0.5, 0.6) is 0 Å². The van der Waals surface area contributed by atoms with E-state index in [1.807, 2.05) is 28.8 Å². The number of hydrogen-bond donors (Lipinski definition) is 0. The van der Waals surface area contributed by atoms with Crippen molar-refractivity contribution < 1.29 is 4.79 Å². The number of carbonyl (C=O) groups is 1. The average Bonchev–Trinajstić information content (AvgIpc) is 3.26. The van der Waals surface area contributed by atoms with E-state index in [9.17, 15) is 4.79 Å². The number of thiophene rings is 2. The zero-order valence-corrected chi connectivity index (χ0v) is 16.0. The van der Waals surface area contributed by atoms with E-state index in [-0.39, 0.29) is 5.78 Å². The van der Waals surface area contributed by atoms with Crippen molar-refractivity contribution in [3.05, 3.63) is 38.7 Å². The van der Waals surface area contributed by atoms with Gasteiger partial charge in [-0.2, -0.15) is 0 Å². The van der Waals surface area contributed by atoms with Crippen LogP contribution in [0.15, 0.2) is 22.5 Å². The van der Waals surface area contributed by atoms with E-state index in [1.165, 1.54) is 40.0 Å². The monoisotopic (exact) mass is 374 g/mol. The number of thioether (sulfide) groups is 1. The molecule has 0 radical (unpaired) electrons. The Labute approximate surface area is 153 Å². The van der Waals surface area contributed by atoms with Crippen molar-refractivity contribution in [3.8, 4) is 0 Å². The van der Waals surface area contributed by atoms with Gasteiger partial charge in [0.2, 0.25) is 0 Å². The third-order valence-electron chi connectivity index (χ3n) is 4.28. The first kappa shape index (κ1) is 16.2. The Morgan fingerprint density at radius 1 is 1.29 bits per heavy atom. The first-order valence-electron chi connectivity index (χ1n) is 8.27. The Kier molecular flexibility index (Phi) is 4.70. The van der Waals surface area contributed by atoms with Crippen molar-refractivity contribution in [2.75, 3.05) is 5.75 Å². The summed E-state index contributed by atoms with van der Waals surface area (Å²) in [6.45, 7) is 2.08. The lowest BCUT2D eigenvalue weighted by Gasteiger charge is -2.11. The Morgan fingerprint density at radius 3 is 2.96 bits per heavy atom. The minimum absolute atomic E-state index is 0.184. The molecule has 0 unspecified atom stereocenters. The normalized spacial score (nSPS) is 14.0. The molecule has 0 spiro atoms. The maximum Gasteiger partial charge on any atom is 0.183 e. The quantitative estimate of drug-likeness (QED) is 0.351. The number of rotatable bonds is 5. The van der Waals surface area contributed by atoms with E-state index in [4.69, 9.17) is 9.97 Å². The van der Waals surface area contributed by atoms with Crippen molar-refractivity contribution in [1.29, 1.82) is 0 Å². The van der Waals surface area contributed by atoms with Gasteiger partial charge in [-0.25, -0.2) is 9.97 Å². The first-order chi connectivity index (χ1) is 11.8. The maximum absolute atomic E-state index is 12.3. The molecule has 3 aromatic heterocycles. The summed E-state index contributed by atoms with van der Waals surface area (Å²) in [5.41, 5.74) is 1.44. The smallest absolute Gasteiger partial charge is 0.183 e. The molecule has 0 aromatic carbocycles. The van der Waals surface area contributed by atoms with E-state index in [1.54, 1.807) is 11.8 Å². The highest BCUT2D eigenvalue weighted by Gasteiger charge is 2.21. The fourth-order valence-electron chi connectivity index (χ4n) is 3.07. The average molecular weight is 375 g/mol. The molecule has 1 aliphatic rings. The molecule has 0 saturated heterocycles. The second kappa shape index (κ2) is 6.94. The fourth-order valence-corrected chi connectivity index (χ4v) is 6.13. The number of fused-ring (bicyclic) bond motifs is 3. The Morgan fingerprint density at radius 2 is 2.17 bits per heavy atom. The molecule has 0 aliphatic heterocycles. The summed E-state index contributed by atoms with van der Waals surface area (Å²) in [6.07, 6.45) is 5.62. The molecule has 3 heterocycles. The summed E-state index contributed by atoms with van der Waals surface area (Å²) in [6, 6.07) is 3.82. The first-order valence-corrected chi connectivity index (χ1v) is 10.9. The third-order valence-corrected chi connectivity index (χ3v) is 7.35. The number of carbonyl (C=O) groups excluding carboxylic acids is 1. The molecule has 0 N–H and O–H groups in total. The maximum atomic E-state index is 12.3. The van der Waals surface area contributed by atoms with Crippen LogP contribution in [-0.4, -0.2) is 21.5 Å². The topological polar surface area (TPSA) is 42.9 Å². The molecule has 0 saturated carbocycles. The Bertz CT molecular complexity index is 883. The van der Waals surface area contributed by atoms with Crippen LogP contribution < -0.4 is 0 Å². The number of Topliss-reactive ketones (excluding diaryl/α,β-unsaturated/α-hetero) is 1. The zero-order chi connectivity index (χ0) is 16.5. The number of hydrogen-bond acceptors (Lipinski definition) is 6. The summed E-state index contributed by atoms with van der Waals surface area (Å²) in [5, 5.41) is 4.17. The van der Waals surface area contributed by atoms with Crippen molar-refractivity contribution in [3.63, 3.8) is 0 Å². The number of nitrogens with zero attached hydrogens (tertiary/aromatic N) is 2. The van der Waals surface area contributed by atoms with Crippen molar-refractivity contribution in [2.45, 2.75) is 44.1 Å². The molecule has 0 bridgehead atoms. The predicted molar refractivity (Wildman–Crippen MR) is 103 cm³/mol. The third kappa shape index (κ3) is 3.03. The summed E-state index contributed by atoms with van der Waals surface area (Å²) in [7, 11) is 0. The molecule has 124 valence electrons. The minimum Gasteiger partial charge on any atom is -0.292 e. The highest BCUT2D eigenvalue weighted by molar-refractivity contribution is 8.00. The molecular formula is C18H18N2OS3. The van der Waals surface area contributed by atoms with Crippen molar-refractivity contribution in [2.24, 2.45) is 0 Å². The number of ketones is 1. The van der Waals surface area contributed by atoms with Gasteiger partial charge in [-0.1, -0.05) is 24.8 Å². The summed E-state index contributed by atoms with van der Waals surface area (Å²) < 4.78 is 0. The van der Waals surface area contributed by atoms with Gasteiger partial charge >= 0.3 is 0 Å². The van der Waals surface area contributed by atoms with Crippen LogP contribution in [0.4, 0.5) is 0 Å². The molecule has 0 atom stereocenters. The van der Waals surface area contributed by atoms with E-state index < -0.39 is 0 Å². The second-order valence-electron chi connectivity index (χ2n) is 5.88. The molecule has 1 aliphatic carbocycles. The van der Waals surface area contributed by atoms with E-state index >= 15 is 0 Å². The van der Waals surface area contributed by atoms with Gasteiger partial charge in [0.1, 0.15) is 15.7 Å². The summed E-state index contributed by atoms with van der Waals surface area (Å²) in [5.74, 6) is 1.51. The van der Waals surface area contributed by atoms with Gasteiger partial charge in [0, 0.05) is 16.7 Å². The van der Waals surface area contributed by atoms with Gasteiger partial charge < -0.3 is 0 Å². The largest absolute Gasteiger partial charge is 0.292 e. The van der Waals surface area contributed by atoms with E-state index in [0.717, 1.165) is 39.8 Å². The molecular weight excluding hydrogens is 356 g/mol. The van der Waals surface area contributed by atoms with Gasteiger partial charge in [0.05, 0.1) is 10.6 Å². The fraction of sp³-hybridized carbons (Fsp3) is 0.389. The summed E-state index contributed by atoms with van der Waals surface area (Å²) >= 11 is 4.91. The molecule has 3 aromatic rings. The minimum atomic E-state index is 0.184. The van der Waals surface area contributed by atoms with Gasteiger partial charge in [0.25, 0.3) is 0 Å². The predicted octanol–water partition coefficient (Wildman–Crippen LogP) is 5.17. The molecule has 24 heavy (non-hydrogen) atoms. The van der Waals surface area contributed by atoms with Gasteiger partial charge in [-0.3, -0.25) is 4.79 Å². The van der Waals surface area contributed by atoms with Crippen molar-refractivity contribution >= 4 is 50.4 Å². The van der Waals surface area contributed by atoms with Crippen LogP contribution in [-0.2, 0) is 19.3 Å². The van der Waals surface area contributed by atoms with Gasteiger partial charge in [0.15, 0.2) is 5.78 Å². The molecule has 0 fully saturated rings. The number of aryl methyl sites for hydroxylation is 3. The lowest BCUT2D eigenvalue weighted by molar-refractivity contribution is 0.102. The lowest BCUT2D eigenvalue weighted by Crippen LogP contribution is -2.03. The van der Waals surface area contributed by atoms with Gasteiger partial charge in [-0.05, 0) is 42.7 Å². The highest BCUT2D eigenvalue weighted by Crippen LogP contribution is 2.39. The standard InChI is InChI=1S/C18H18N2OS3/c1-2-15-19-17(23-10-12(21)14-8-5-9-22-14)16-11-6-3-4-7-13(11)24-18(16)20-15/h5,8-9H,2-4,6-7,10H2,1H3. The molecule has 4 rings (SSSR count). The highest BCUT2D eigenvalue weighted by atomic mass is 32.2. The summed E-state index contributed by atoms with van der Waals surface area (Å²) in [4.78, 5) is 25.3. The van der Waals surface area contributed by atoms with Crippen LogP contribution in [0, 0.1) is 0 Å². The van der Waals surface area contributed by atoms with E-state index in [0.29, 0.717) is 5.75 Å². The lowest BCUT2D eigenvalue weighted by atomic mass is 9.97. The SMILES string of the molecule is CCc1nc(SCC(=O)c2cccs2)c2c3c(sc2n1)CCCC3. The van der Waals surface area contributed by atoms with Crippen LogP contribution in [0.3, 0.4) is 0 Å². The van der Waals surface area contributed by atoms with Crippen LogP contribution >= 0.6 is 34.4 Å². The zero-order valence-electron chi connectivity index (χ0n) is 13.5. The molecule has 3 nitrogen and oxygen atoms in total. The van der Waals surface area contributed by atoms with Crippen LogP contribution in [0.2, 0.25) is 0 Å². The van der Waals surface area contributed by atoms with Gasteiger partial charge in [-0.15, -0.1) is 22.7 Å². The second-order valence-corrected chi connectivity index (χ2v) is 8.87. The van der Waals surface area contributed by atoms with E-state index in [2.05, 4.69) is 6.92 Å². The number of aromatic nitrogens is 2. The van der Waals surface area contributed by atoms with Crippen molar-refractivity contribution in [1.82, 2.24) is 9.97 Å². The van der Waals surface area contributed by atoms with Crippen LogP contribution in [0.1, 0.15) is 45.7 Å². The van der Waals surface area contributed by atoms with Crippen LogP contribution in [0.25, 0.3) is 10.2 Å². The Balaban J connectivity index is 1.70. The Hall–Kier alpha value is -1.24.